The van der Waals surface area contributed by atoms with Crippen molar-refractivity contribution in [3.8, 4) is 11.5 Å². The zero-order chi connectivity index (χ0) is 20.4. The minimum atomic E-state index is 0.0388. The van der Waals surface area contributed by atoms with Crippen LogP contribution in [0, 0.1) is 6.92 Å². The number of hydrogen-bond donors (Lipinski definition) is 3. The van der Waals surface area contributed by atoms with Gasteiger partial charge in [0, 0.05) is 31.1 Å². The summed E-state index contributed by atoms with van der Waals surface area (Å²) in [5.41, 5.74) is 2.89. The topological polar surface area (TPSA) is 91.6 Å². The highest BCUT2D eigenvalue weighted by molar-refractivity contribution is 5.81. The molecule has 1 unspecified atom stereocenters. The third kappa shape index (κ3) is 7.06. The fraction of sp³-hybridized carbons (Fsp3) is 0.476. The predicted octanol–water partition coefficient (Wildman–Crippen LogP) is 3.01. The summed E-state index contributed by atoms with van der Waals surface area (Å²) in [5, 5.41) is 9.30. The van der Waals surface area contributed by atoms with Gasteiger partial charge in [0.1, 0.15) is 12.0 Å². The molecule has 1 aromatic carbocycles. The fourth-order valence-corrected chi connectivity index (χ4v) is 2.45. The van der Waals surface area contributed by atoms with Crippen LogP contribution < -0.4 is 16.0 Å². The first-order valence-electron chi connectivity index (χ1n) is 9.84. The van der Waals surface area contributed by atoms with Crippen molar-refractivity contribution in [3.05, 3.63) is 41.8 Å². The number of aryl methyl sites for hydroxylation is 1. The smallest absolute Gasteiger partial charge is 0.226 e. The van der Waals surface area contributed by atoms with Crippen LogP contribution in [-0.4, -0.2) is 36.0 Å². The molecule has 1 atom stereocenters. The molecular weight excluding hydrogens is 354 g/mol. The molecule has 1 amide bonds. The number of benzene rings is 1. The van der Waals surface area contributed by atoms with Crippen LogP contribution in [0.15, 0.2) is 39.9 Å². The molecule has 7 nitrogen and oxygen atoms in total. The van der Waals surface area contributed by atoms with Gasteiger partial charge in [0.05, 0.1) is 6.54 Å². The number of oxazole rings is 1. The Morgan fingerprint density at radius 2 is 1.96 bits per heavy atom. The molecule has 0 aliphatic heterocycles. The van der Waals surface area contributed by atoms with Crippen LogP contribution in [0.5, 0.6) is 0 Å². The van der Waals surface area contributed by atoms with E-state index in [-0.39, 0.29) is 11.9 Å². The van der Waals surface area contributed by atoms with Crippen molar-refractivity contribution >= 4 is 11.9 Å². The predicted molar refractivity (Wildman–Crippen MR) is 112 cm³/mol. The number of aliphatic imine (C=N–C) groups is 1. The van der Waals surface area contributed by atoms with E-state index in [1.165, 1.54) is 5.56 Å². The molecule has 3 N–H and O–H groups in total. The Morgan fingerprint density at radius 3 is 2.64 bits per heavy atom. The van der Waals surface area contributed by atoms with Crippen molar-refractivity contribution in [2.45, 2.75) is 53.1 Å². The van der Waals surface area contributed by atoms with E-state index in [0.717, 1.165) is 24.2 Å². The first-order valence-corrected chi connectivity index (χ1v) is 9.84. The van der Waals surface area contributed by atoms with Gasteiger partial charge in [-0.2, -0.15) is 0 Å². The van der Waals surface area contributed by atoms with Crippen LogP contribution in [0.2, 0.25) is 0 Å². The summed E-state index contributed by atoms with van der Waals surface area (Å²) in [6.45, 7) is 9.73. The third-order valence-electron chi connectivity index (χ3n) is 4.26. The molecule has 0 saturated carbocycles. The molecule has 7 heteroatoms. The lowest BCUT2D eigenvalue weighted by Gasteiger charge is -2.13. The van der Waals surface area contributed by atoms with E-state index in [1.54, 1.807) is 6.26 Å². The maximum Gasteiger partial charge on any atom is 0.226 e. The highest BCUT2D eigenvalue weighted by atomic mass is 16.3. The zero-order valence-electron chi connectivity index (χ0n) is 17.2. The van der Waals surface area contributed by atoms with Crippen LogP contribution >= 0.6 is 0 Å². The van der Waals surface area contributed by atoms with Gasteiger partial charge in [-0.25, -0.2) is 9.98 Å². The van der Waals surface area contributed by atoms with Crippen LogP contribution in [0.1, 0.15) is 44.9 Å². The number of carbonyl (C=O) groups is 1. The van der Waals surface area contributed by atoms with E-state index in [2.05, 4.69) is 25.9 Å². The fourth-order valence-electron chi connectivity index (χ4n) is 2.45. The van der Waals surface area contributed by atoms with Gasteiger partial charge < -0.3 is 20.4 Å². The molecule has 0 aliphatic carbocycles. The standard InChI is InChI=1S/C21H31N5O2/c1-5-16(4)25-19(27)11-12-23-21(22-6-2)24-13-18-14-28-20(26-18)17-9-7-15(3)8-10-17/h7-10,14,16H,5-6,11-13H2,1-4H3,(H,25,27)(H2,22,23,24). The van der Waals surface area contributed by atoms with Crippen molar-refractivity contribution in [3.63, 3.8) is 0 Å². The molecule has 2 aromatic rings. The number of nitrogens with zero attached hydrogens (tertiary/aromatic N) is 2. The number of rotatable bonds is 9. The molecule has 0 aliphatic rings. The maximum atomic E-state index is 11.9. The van der Waals surface area contributed by atoms with Gasteiger partial charge in [0.25, 0.3) is 0 Å². The Kier molecular flexibility index (Phi) is 8.52. The molecule has 152 valence electrons. The van der Waals surface area contributed by atoms with Crippen molar-refractivity contribution in [1.29, 1.82) is 0 Å². The minimum absolute atomic E-state index is 0.0388. The molecule has 1 aromatic heterocycles. The molecule has 2 rings (SSSR count). The van der Waals surface area contributed by atoms with E-state index in [0.29, 0.717) is 31.4 Å². The number of hydrogen-bond acceptors (Lipinski definition) is 4. The molecular formula is C21H31N5O2. The van der Waals surface area contributed by atoms with E-state index in [9.17, 15) is 4.79 Å². The molecule has 1 heterocycles. The summed E-state index contributed by atoms with van der Waals surface area (Å²) in [6, 6.07) is 8.24. The first-order chi connectivity index (χ1) is 13.5. The second-order valence-electron chi connectivity index (χ2n) is 6.76. The van der Waals surface area contributed by atoms with Crippen molar-refractivity contribution in [2.24, 2.45) is 4.99 Å². The van der Waals surface area contributed by atoms with Crippen LogP contribution in [0.3, 0.4) is 0 Å². The minimum Gasteiger partial charge on any atom is -0.444 e. The van der Waals surface area contributed by atoms with Gasteiger partial charge in [0.15, 0.2) is 5.96 Å². The van der Waals surface area contributed by atoms with Crippen molar-refractivity contribution in [2.75, 3.05) is 13.1 Å². The summed E-state index contributed by atoms with van der Waals surface area (Å²) >= 11 is 0. The number of carbonyl (C=O) groups excluding carboxylic acids is 1. The van der Waals surface area contributed by atoms with Crippen LogP contribution in [-0.2, 0) is 11.3 Å². The average Bonchev–Trinajstić information content (AvgIpc) is 3.15. The molecule has 0 fully saturated rings. The van der Waals surface area contributed by atoms with E-state index in [1.807, 2.05) is 52.0 Å². The first kappa shape index (κ1) is 21.5. The molecule has 0 saturated heterocycles. The summed E-state index contributed by atoms with van der Waals surface area (Å²) in [6.07, 6.45) is 2.95. The Balaban J connectivity index is 1.88. The molecule has 0 radical (unpaired) electrons. The maximum absolute atomic E-state index is 11.9. The average molecular weight is 386 g/mol. The van der Waals surface area contributed by atoms with Crippen LogP contribution in [0.25, 0.3) is 11.5 Å². The molecule has 28 heavy (non-hydrogen) atoms. The SMILES string of the molecule is CCNC(=NCc1coc(-c2ccc(C)cc2)n1)NCCC(=O)NC(C)CC. The highest BCUT2D eigenvalue weighted by Gasteiger charge is 2.08. The summed E-state index contributed by atoms with van der Waals surface area (Å²) in [4.78, 5) is 20.9. The van der Waals surface area contributed by atoms with Gasteiger partial charge in [-0.3, -0.25) is 4.79 Å². The third-order valence-corrected chi connectivity index (χ3v) is 4.26. The van der Waals surface area contributed by atoms with Crippen LogP contribution in [0.4, 0.5) is 0 Å². The normalized spacial score (nSPS) is 12.5. The lowest BCUT2D eigenvalue weighted by molar-refractivity contribution is -0.121. The lowest BCUT2D eigenvalue weighted by atomic mass is 10.1. The van der Waals surface area contributed by atoms with E-state index in [4.69, 9.17) is 4.42 Å². The Hall–Kier alpha value is -2.83. The largest absolute Gasteiger partial charge is 0.444 e. The Labute approximate surface area is 167 Å². The zero-order valence-corrected chi connectivity index (χ0v) is 17.2. The van der Waals surface area contributed by atoms with Crippen molar-refractivity contribution in [1.82, 2.24) is 20.9 Å². The number of aromatic nitrogens is 1. The van der Waals surface area contributed by atoms with E-state index >= 15 is 0 Å². The van der Waals surface area contributed by atoms with Gasteiger partial charge in [-0.15, -0.1) is 0 Å². The molecule has 0 bridgehead atoms. The lowest BCUT2D eigenvalue weighted by Crippen LogP contribution is -2.40. The van der Waals surface area contributed by atoms with Gasteiger partial charge in [-0.1, -0.05) is 24.6 Å². The Bertz CT molecular complexity index is 767. The van der Waals surface area contributed by atoms with Gasteiger partial charge in [-0.05, 0) is 39.3 Å². The molecule has 0 spiro atoms. The number of amides is 1. The summed E-state index contributed by atoms with van der Waals surface area (Å²) in [5.74, 6) is 1.28. The van der Waals surface area contributed by atoms with Crippen molar-refractivity contribution < 1.29 is 9.21 Å². The summed E-state index contributed by atoms with van der Waals surface area (Å²) < 4.78 is 5.57. The Morgan fingerprint density at radius 1 is 1.21 bits per heavy atom. The number of guanidine groups is 1. The second-order valence-corrected chi connectivity index (χ2v) is 6.76. The van der Waals surface area contributed by atoms with Gasteiger partial charge in [0.2, 0.25) is 11.8 Å². The second kappa shape index (κ2) is 11.1. The van der Waals surface area contributed by atoms with E-state index < -0.39 is 0 Å². The highest BCUT2D eigenvalue weighted by Crippen LogP contribution is 2.19. The van der Waals surface area contributed by atoms with Gasteiger partial charge >= 0.3 is 0 Å². The number of nitrogens with one attached hydrogen (secondary N) is 3. The monoisotopic (exact) mass is 385 g/mol. The summed E-state index contributed by atoms with van der Waals surface area (Å²) in [7, 11) is 0. The quantitative estimate of drug-likeness (QED) is 0.456.